The van der Waals surface area contributed by atoms with Crippen LogP contribution in [-0.4, -0.2) is 5.78 Å². The fourth-order valence-electron chi connectivity index (χ4n) is 1.42. The lowest BCUT2D eigenvalue weighted by atomic mass is 10.1. The summed E-state index contributed by atoms with van der Waals surface area (Å²) >= 11 is 0. The third-order valence-electron chi connectivity index (χ3n) is 2.12. The van der Waals surface area contributed by atoms with Gasteiger partial charge in [-0.3, -0.25) is 4.79 Å². The molecule has 0 heterocycles. The largest absolute Gasteiger partial charge is 0.370 e. The van der Waals surface area contributed by atoms with Crippen molar-refractivity contribution in [2.24, 2.45) is 0 Å². The first-order chi connectivity index (χ1) is 8.02. The number of nitriles is 1. The summed E-state index contributed by atoms with van der Waals surface area (Å²) in [5.74, 6) is -0.438. The predicted octanol–water partition coefficient (Wildman–Crippen LogP) is 2.47. The first-order valence-corrected chi connectivity index (χ1v) is 5.13. The molecule has 0 saturated carbocycles. The van der Waals surface area contributed by atoms with Gasteiger partial charge in [0.15, 0.2) is 5.78 Å². The highest BCUT2D eigenvalue weighted by Crippen LogP contribution is 2.14. The van der Waals surface area contributed by atoms with Crippen LogP contribution in [0.5, 0.6) is 0 Å². The fraction of sp³-hybridized carbons (Fsp3) is 0.231. The number of hydrogen-bond acceptors (Lipinski definition) is 3. The maximum absolute atomic E-state index is 12.7. The summed E-state index contributed by atoms with van der Waals surface area (Å²) in [6.45, 7) is 3.14. The second kappa shape index (κ2) is 5.80. The van der Waals surface area contributed by atoms with E-state index < -0.39 is 6.04 Å². The molecule has 1 aromatic rings. The van der Waals surface area contributed by atoms with Gasteiger partial charge in [-0.2, -0.15) is 5.26 Å². The molecule has 1 aromatic carbocycles. The molecule has 4 heteroatoms. The summed E-state index contributed by atoms with van der Waals surface area (Å²) < 4.78 is 12.7. The van der Waals surface area contributed by atoms with Crippen molar-refractivity contribution in [1.82, 2.24) is 5.32 Å². The van der Waals surface area contributed by atoms with Gasteiger partial charge in [0.2, 0.25) is 0 Å². The quantitative estimate of drug-likeness (QED) is 0.811. The molecule has 0 bridgehead atoms. The third-order valence-corrected chi connectivity index (χ3v) is 2.12. The molecule has 0 amide bonds. The number of nitrogens with zero attached hydrogens (tertiary/aromatic N) is 1. The van der Waals surface area contributed by atoms with Gasteiger partial charge < -0.3 is 5.32 Å². The van der Waals surface area contributed by atoms with Crippen molar-refractivity contribution >= 4 is 5.78 Å². The molecule has 1 unspecified atom stereocenters. The van der Waals surface area contributed by atoms with E-state index in [0.29, 0.717) is 11.3 Å². The van der Waals surface area contributed by atoms with Crippen LogP contribution in [0.15, 0.2) is 36.0 Å². The third kappa shape index (κ3) is 4.07. The van der Waals surface area contributed by atoms with Crippen LogP contribution in [0, 0.1) is 17.1 Å². The van der Waals surface area contributed by atoms with Crippen LogP contribution in [0.1, 0.15) is 25.5 Å². The molecule has 1 atom stereocenters. The Morgan fingerprint density at radius 2 is 2.00 bits per heavy atom. The molecule has 17 heavy (non-hydrogen) atoms. The minimum atomic E-state index is -0.591. The summed E-state index contributed by atoms with van der Waals surface area (Å²) in [6, 6.07) is 7.14. The second-order valence-corrected chi connectivity index (χ2v) is 3.70. The highest BCUT2D eigenvalue weighted by molar-refractivity contribution is 5.87. The van der Waals surface area contributed by atoms with Gasteiger partial charge in [-0.25, -0.2) is 4.39 Å². The zero-order valence-corrected chi connectivity index (χ0v) is 9.70. The lowest BCUT2D eigenvalue weighted by Gasteiger charge is -2.13. The molecule has 1 N–H and O–H groups in total. The van der Waals surface area contributed by atoms with Crippen LogP contribution < -0.4 is 5.32 Å². The molecule has 1 rings (SSSR count). The molecule has 0 saturated heterocycles. The minimum absolute atomic E-state index is 0.0919. The standard InChI is InChI=1S/C13H13FN2O/c1-9(7-10(2)17)16-13(8-15)11-3-5-12(14)6-4-11/h3-7,13,16H,1-2H3/b9-7-. The maximum atomic E-state index is 12.7. The van der Waals surface area contributed by atoms with Crippen LogP contribution in [0.2, 0.25) is 0 Å². The van der Waals surface area contributed by atoms with E-state index in [1.165, 1.54) is 37.3 Å². The second-order valence-electron chi connectivity index (χ2n) is 3.70. The first-order valence-electron chi connectivity index (χ1n) is 5.13. The van der Waals surface area contributed by atoms with E-state index in [1.54, 1.807) is 6.92 Å². The molecule has 88 valence electrons. The Bertz CT molecular complexity index is 471. The van der Waals surface area contributed by atoms with Gasteiger partial charge in [-0.15, -0.1) is 0 Å². The predicted molar refractivity (Wildman–Crippen MR) is 62.3 cm³/mol. The van der Waals surface area contributed by atoms with Gasteiger partial charge in [-0.05, 0) is 37.6 Å². The average molecular weight is 232 g/mol. The van der Waals surface area contributed by atoms with Crippen LogP contribution in [0.3, 0.4) is 0 Å². The summed E-state index contributed by atoms with van der Waals surface area (Å²) in [5.41, 5.74) is 1.26. The van der Waals surface area contributed by atoms with Gasteiger partial charge in [0.05, 0.1) is 6.07 Å². The van der Waals surface area contributed by atoms with Crippen molar-refractivity contribution in [3.8, 4) is 6.07 Å². The Morgan fingerprint density at radius 3 is 2.47 bits per heavy atom. The Morgan fingerprint density at radius 1 is 1.41 bits per heavy atom. The molecule has 0 spiro atoms. The van der Waals surface area contributed by atoms with Crippen LogP contribution >= 0.6 is 0 Å². The number of carbonyl (C=O) groups excluding carboxylic acids is 1. The smallest absolute Gasteiger partial charge is 0.154 e. The Kier molecular flexibility index (Phi) is 4.41. The maximum Gasteiger partial charge on any atom is 0.154 e. The van der Waals surface area contributed by atoms with Crippen molar-refractivity contribution < 1.29 is 9.18 Å². The molecular formula is C13H13FN2O. The van der Waals surface area contributed by atoms with Crippen molar-refractivity contribution in [3.05, 3.63) is 47.4 Å². The monoisotopic (exact) mass is 232 g/mol. The van der Waals surface area contributed by atoms with E-state index in [-0.39, 0.29) is 11.6 Å². The van der Waals surface area contributed by atoms with Gasteiger partial charge in [0.1, 0.15) is 11.9 Å². The number of nitrogens with one attached hydrogen (secondary N) is 1. The van der Waals surface area contributed by atoms with Crippen molar-refractivity contribution in [1.29, 1.82) is 5.26 Å². The normalized spacial score (nSPS) is 12.7. The first kappa shape index (κ1) is 12.9. The summed E-state index contributed by atoms with van der Waals surface area (Å²) in [5, 5.41) is 11.9. The van der Waals surface area contributed by atoms with Crippen LogP contribution in [0.25, 0.3) is 0 Å². The number of rotatable bonds is 4. The van der Waals surface area contributed by atoms with Crippen molar-refractivity contribution in [2.75, 3.05) is 0 Å². The number of ketones is 1. The molecule has 0 aromatic heterocycles. The van der Waals surface area contributed by atoms with E-state index in [4.69, 9.17) is 5.26 Å². The van der Waals surface area contributed by atoms with Gasteiger partial charge >= 0.3 is 0 Å². The highest BCUT2D eigenvalue weighted by atomic mass is 19.1. The Balaban J connectivity index is 2.83. The Hall–Kier alpha value is -2.15. The summed E-state index contributed by atoms with van der Waals surface area (Å²) in [6.07, 6.45) is 1.41. The zero-order valence-electron chi connectivity index (χ0n) is 9.70. The van der Waals surface area contributed by atoms with Crippen LogP contribution in [-0.2, 0) is 4.79 Å². The van der Waals surface area contributed by atoms with Gasteiger partial charge in [0.25, 0.3) is 0 Å². The van der Waals surface area contributed by atoms with E-state index in [0.717, 1.165) is 0 Å². The number of halogens is 1. The SMILES string of the molecule is CC(=O)/C=C(/C)NC(C#N)c1ccc(F)cc1. The van der Waals surface area contributed by atoms with Gasteiger partial charge in [0, 0.05) is 5.70 Å². The van der Waals surface area contributed by atoms with E-state index in [9.17, 15) is 9.18 Å². The molecule has 3 nitrogen and oxygen atoms in total. The number of benzene rings is 1. The minimum Gasteiger partial charge on any atom is -0.370 e. The zero-order chi connectivity index (χ0) is 12.8. The van der Waals surface area contributed by atoms with Crippen molar-refractivity contribution in [2.45, 2.75) is 19.9 Å². The molecule has 0 fully saturated rings. The van der Waals surface area contributed by atoms with E-state index in [1.807, 2.05) is 0 Å². The number of carbonyl (C=O) groups is 1. The molecule has 0 aliphatic heterocycles. The van der Waals surface area contributed by atoms with E-state index in [2.05, 4.69) is 11.4 Å². The molecule has 0 radical (unpaired) electrons. The van der Waals surface area contributed by atoms with E-state index >= 15 is 0 Å². The van der Waals surface area contributed by atoms with Gasteiger partial charge in [-0.1, -0.05) is 12.1 Å². The topological polar surface area (TPSA) is 52.9 Å². The lowest BCUT2D eigenvalue weighted by molar-refractivity contribution is -0.112. The molecule has 0 aliphatic rings. The Labute approximate surface area is 99.6 Å². The molecule has 0 aliphatic carbocycles. The number of hydrogen-bond donors (Lipinski definition) is 1. The average Bonchev–Trinajstić information content (AvgIpc) is 2.26. The lowest BCUT2D eigenvalue weighted by Crippen LogP contribution is -2.18. The summed E-state index contributed by atoms with van der Waals surface area (Å²) in [7, 11) is 0. The van der Waals surface area contributed by atoms with Crippen LogP contribution in [0.4, 0.5) is 4.39 Å². The number of allylic oxidation sites excluding steroid dienone is 2. The summed E-state index contributed by atoms with van der Waals surface area (Å²) in [4.78, 5) is 10.9. The molecular weight excluding hydrogens is 219 g/mol. The highest BCUT2D eigenvalue weighted by Gasteiger charge is 2.09. The van der Waals surface area contributed by atoms with Crippen molar-refractivity contribution in [3.63, 3.8) is 0 Å². The fourth-order valence-corrected chi connectivity index (χ4v) is 1.42.